The first-order valence-electron chi connectivity index (χ1n) is 6.37. The number of halogens is 20. The second kappa shape index (κ2) is 6.31. The van der Waals surface area contributed by atoms with Crippen molar-refractivity contribution in [2.75, 3.05) is 0 Å². The van der Waals surface area contributed by atoms with Gasteiger partial charge in [-0.1, -0.05) is 4.90 Å². The van der Waals surface area contributed by atoms with Crippen LogP contribution >= 0.6 is 0 Å². The summed E-state index contributed by atoms with van der Waals surface area (Å²) in [4.78, 5) is -9.48. The lowest BCUT2D eigenvalue weighted by Crippen LogP contribution is -2.89. The zero-order chi connectivity index (χ0) is 25.7. The Labute approximate surface area is 153 Å². The fourth-order valence-corrected chi connectivity index (χ4v) is 2.17. The summed E-state index contributed by atoms with van der Waals surface area (Å²) in [5.41, 5.74) is 0. The largest absolute Gasteiger partial charge is 0.469 e. The molecule has 1 aliphatic heterocycles. The van der Waals surface area contributed by atoms with Gasteiger partial charge in [-0.2, -0.15) is 83.4 Å². The third-order valence-corrected chi connectivity index (χ3v) is 3.53. The SMILES string of the molecule is FC(F)(F)C(F)(F)N1C(F)(F)C(F)(F)N(C(F)(C(F)(F)F)C(F)(F)F)C(F)(F)C1(F)F. The molecule has 1 heterocycles. The van der Waals surface area contributed by atoms with Crippen LogP contribution in [0.4, 0.5) is 87.8 Å². The standard InChI is InChI=1S/C9F20N2/c10-1(2(11,12)13,3(14,15)16)30-6(22,23)8(26,27)31(5(20,21)4(17,18)19)9(28,29)7(30,24)25. The van der Waals surface area contributed by atoms with E-state index in [-0.39, 0.29) is 0 Å². The minimum absolute atomic E-state index is 4.64. The van der Waals surface area contributed by atoms with Crippen LogP contribution in [-0.2, 0) is 0 Å². The summed E-state index contributed by atoms with van der Waals surface area (Å²) >= 11 is 0. The molecule has 0 aliphatic carbocycles. The molecule has 0 aromatic carbocycles. The Morgan fingerprint density at radius 3 is 0.774 bits per heavy atom. The molecule has 0 bridgehead atoms. The van der Waals surface area contributed by atoms with E-state index in [2.05, 4.69) is 0 Å². The van der Waals surface area contributed by atoms with E-state index < -0.39 is 64.4 Å². The van der Waals surface area contributed by atoms with E-state index in [9.17, 15) is 87.8 Å². The smallest absolute Gasteiger partial charge is 0.205 e. The van der Waals surface area contributed by atoms with E-state index in [1.165, 1.54) is 0 Å². The summed E-state index contributed by atoms with van der Waals surface area (Å²) in [5.74, 6) is -8.51. The van der Waals surface area contributed by atoms with Gasteiger partial charge in [-0.3, -0.25) is 0 Å². The Hall–Kier alpha value is -1.48. The molecule has 22 heteroatoms. The van der Waals surface area contributed by atoms with E-state index in [0.717, 1.165) is 0 Å². The van der Waals surface area contributed by atoms with Gasteiger partial charge in [-0.15, -0.1) is 4.90 Å². The molecule has 1 fully saturated rings. The summed E-state index contributed by atoms with van der Waals surface area (Å²) in [6, 6.07) is -41.6. The van der Waals surface area contributed by atoms with Crippen LogP contribution in [-0.4, -0.2) is 64.4 Å². The van der Waals surface area contributed by atoms with E-state index in [1.807, 2.05) is 0 Å². The molecule has 1 aliphatic rings. The lowest BCUT2D eigenvalue weighted by atomic mass is 10.0. The normalized spacial score (nSPS) is 25.5. The highest BCUT2D eigenvalue weighted by Gasteiger charge is 2.97. The molecular weight excluding hydrogens is 516 g/mol. The number of rotatable bonds is 2. The predicted molar refractivity (Wildman–Crippen MR) is 50.4 cm³/mol. The van der Waals surface area contributed by atoms with E-state index in [4.69, 9.17) is 0 Å². The van der Waals surface area contributed by atoms with Crippen LogP contribution in [0.3, 0.4) is 0 Å². The van der Waals surface area contributed by atoms with Crippen LogP contribution in [0.15, 0.2) is 0 Å². The average Bonchev–Trinajstić information content (AvgIpc) is 2.40. The maximum atomic E-state index is 13.6. The molecule has 0 aromatic heterocycles. The Kier molecular flexibility index (Phi) is 5.61. The number of hydrogen-bond acceptors (Lipinski definition) is 2. The Balaban J connectivity index is 4.16. The summed E-state index contributed by atoms with van der Waals surface area (Å²) in [6.07, 6.45) is -24.3. The average molecular weight is 516 g/mol. The molecular formula is C9F20N2. The first kappa shape index (κ1) is 27.6. The van der Waals surface area contributed by atoms with Crippen LogP contribution in [0.1, 0.15) is 0 Å². The van der Waals surface area contributed by atoms with Crippen LogP contribution in [0, 0.1) is 0 Å². The number of hydrogen-bond donors (Lipinski definition) is 0. The highest BCUT2D eigenvalue weighted by Crippen LogP contribution is 2.67. The molecule has 1 saturated heterocycles. The highest BCUT2D eigenvalue weighted by molar-refractivity contribution is 5.12. The van der Waals surface area contributed by atoms with Crippen LogP contribution in [0.2, 0.25) is 0 Å². The Bertz CT molecular complexity index is 653. The first-order valence-corrected chi connectivity index (χ1v) is 6.37. The number of nitrogens with zero attached hydrogens (tertiary/aromatic N) is 2. The van der Waals surface area contributed by atoms with E-state index in [1.54, 1.807) is 0 Å². The van der Waals surface area contributed by atoms with Gasteiger partial charge in [0.25, 0.3) is 0 Å². The van der Waals surface area contributed by atoms with Gasteiger partial charge in [0.1, 0.15) is 0 Å². The first-order chi connectivity index (χ1) is 13.0. The van der Waals surface area contributed by atoms with Crippen LogP contribution in [0.5, 0.6) is 0 Å². The predicted octanol–water partition coefficient (Wildman–Crippen LogP) is 5.92. The second-order valence-electron chi connectivity index (χ2n) is 5.49. The zero-order valence-corrected chi connectivity index (χ0v) is 13.0. The zero-order valence-electron chi connectivity index (χ0n) is 13.0. The topological polar surface area (TPSA) is 6.48 Å². The third-order valence-electron chi connectivity index (χ3n) is 3.53. The molecule has 1 rings (SSSR count). The van der Waals surface area contributed by atoms with Gasteiger partial charge in [0.05, 0.1) is 0 Å². The summed E-state index contributed by atoms with van der Waals surface area (Å²) in [7, 11) is 0. The lowest BCUT2D eigenvalue weighted by molar-refractivity contribution is -0.588. The van der Waals surface area contributed by atoms with Crippen molar-refractivity contribution in [2.45, 2.75) is 54.6 Å². The van der Waals surface area contributed by atoms with Crippen molar-refractivity contribution in [3.8, 4) is 0 Å². The summed E-state index contributed by atoms with van der Waals surface area (Å²) < 4.78 is 259. The van der Waals surface area contributed by atoms with Gasteiger partial charge in [0, 0.05) is 0 Å². The van der Waals surface area contributed by atoms with E-state index in [0.29, 0.717) is 0 Å². The fourth-order valence-electron chi connectivity index (χ4n) is 2.17. The second-order valence-corrected chi connectivity index (χ2v) is 5.49. The van der Waals surface area contributed by atoms with Gasteiger partial charge in [-0.25, -0.2) is 4.39 Å². The molecule has 0 spiro atoms. The molecule has 186 valence electrons. The number of piperazine rings is 1. The Morgan fingerprint density at radius 1 is 0.355 bits per heavy atom. The van der Waals surface area contributed by atoms with E-state index >= 15 is 0 Å². The summed E-state index contributed by atoms with van der Waals surface area (Å²) in [5, 5.41) is 0. The van der Waals surface area contributed by atoms with Crippen molar-refractivity contribution in [3.05, 3.63) is 0 Å². The van der Waals surface area contributed by atoms with Gasteiger partial charge in [0.15, 0.2) is 0 Å². The molecule has 31 heavy (non-hydrogen) atoms. The van der Waals surface area contributed by atoms with Crippen molar-refractivity contribution >= 4 is 0 Å². The van der Waals surface area contributed by atoms with Crippen LogP contribution < -0.4 is 0 Å². The van der Waals surface area contributed by atoms with Crippen molar-refractivity contribution in [1.29, 1.82) is 0 Å². The quantitative estimate of drug-likeness (QED) is 0.333. The minimum Gasteiger partial charge on any atom is -0.205 e. The van der Waals surface area contributed by atoms with Gasteiger partial charge >= 0.3 is 54.6 Å². The third kappa shape index (κ3) is 3.17. The molecule has 0 saturated carbocycles. The number of alkyl halides is 20. The molecule has 0 unspecified atom stereocenters. The van der Waals surface area contributed by atoms with Crippen molar-refractivity contribution in [3.63, 3.8) is 0 Å². The van der Waals surface area contributed by atoms with Crippen LogP contribution in [0.25, 0.3) is 0 Å². The van der Waals surface area contributed by atoms with Gasteiger partial charge in [-0.05, 0) is 0 Å². The molecule has 0 N–H and O–H groups in total. The highest BCUT2D eigenvalue weighted by atomic mass is 19.4. The monoisotopic (exact) mass is 516 g/mol. The Morgan fingerprint density at radius 2 is 0.581 bits per heavy atom. The van der Waals surface area contributed by atoms with Gasteiger partial charge in [0.2, 0.25) is 0 Å². The molecule has 0 amide bonds. The maximum Gasteiger partial charge on any atom is 0.469 e. The molecule has 0 radical (unpaired) electrons. The molecule has 0 aromatic rings. The van der Waals surface area contributed by atoms with Crippen molar-refractivity contribution < 1.29 is 87.8 Å². The summed E-state index contributed by atoms with van der Waals surface area (Å²) in [6.45, 7) is 0. The minimum atomic E-state index is -8.51. The van der Waals surface area contributed by atoms with Crippen molar-refractivity contribution in [1.82, 2.24) is 9.80 Å². The van der Waals surface area contributed by atoms with Crippen molar-refractivity contribution in [2.24, 2.45) is 0 Å². The lowest BCUT2D eigenvalue weighted by Gasteiger charge is -2.57. The fraction of sp³-hybridized carbons (Fsp3) is 1.00. The maximum absolute atomic E-state index is 13.6. The molecule has 0 atom stereocenters. The molecule has 2 nitrogen and oxygen atoms in total. The van der Waals surface area contributed by atoms with Gasteiger partial charge < -0.3 is 0 Å².